The summed E-state index contributed by atoms with van der Waals surface area (Å²) in [6.07, 6.45) is 5.80. The molecule has 0 unspecified atom stereocenters. The lowest BCUT2D eigenvalue weighted by molar-refractivity contribution is 0.475. The first-order valence-corrected chi connectivity index (χ1v) is 6.18. The number of hydrogen-bond donors (Lipinski definition) is 1. The van der Waals surface area contributed by atoms with E-state index in [0.29, 0.717) is 22.8 Å². The van der Waals surface area contributed by atoms with Crippen LogP contribution in [-0.4, -0.2) is 5.11 Å². The van der Waals surface area contributed by atoms with Gasteiger partial charge in [-0.15, -0.1) is 6.42 Å². The highest BCUT2D eigenvalue weighted by Gasteiger charge is 2.15. The van der Waals surface area contributed by atoms with Crippen LogP contribution in [0.4, 0.5) is 8.78 Å². The van der Waals surface area contributed by atoms with Crippen LogP contribution in [0.2, 0.25) is 0 Å². The van der Waals surface area contributed by atoms with Crippen molar-refractivity contribution in [2.45, 2.75) is 27.2 Å². The average Bonchev–Trinajstić information content (AvgIpc) is 2.42. The lowest BCUT2D eigenvalue weighted by atomic mass is 9.97. The minimum Gasteiger partial charge on any atom is -0.508 e. The van der Waals surface area contributed by atoms with E-state index in [1.54, 1.807) is 0 Å². The first-order valence-electron chi connectivity index (χ1n) is 6.18. The smallest absolute Gasteiger partial charge is 0.175 e. The maximum absolute atomic E-state index is 13.6. The summed E-state index contributed by atoms with van der Waals surface area (Å²) in [5.74, 6) is 0.178. The molecule has 0 heterocycles. The van der Waals surface area contributed by atoms with Gasteiger partial charge in [0.05, 0.1) is 5.56 Å². The fourth-order valence-electron chi connectivity index (χ4n) is 1.97. The molecule has 2 aromatic carbocycles. The largest absolute Gasteiger partial charge is 0.508 e. The molecule has 0 saturated carbocycles. The zero-order valence-electron chi connectivity index (χ0n) is 11.2. The summed E-state index contributed by atoms with van der Waals surface area (Å²) in [6.45, 7) is 5.86. The highest BCUT2D eigenvalue weighted by molar-refractivity contribution is 5.92. The van der Waals surface area contributed by atoms with Gasteiger partial charge in [0, 0.05) is 5.39 Å². The fraction of sp³-hybridized carbons (Fsp3) is 0.250. The van der Waals surface area contributed by atoms with Crippen LogP contribution in [0.15, 0.2) is 18.2 Å². The molecule has 0 bridgehead atoms. The number of hydrogen-bond acceptors (Lipinski definition) is 1. The standard InChI is InChI=1S/C14H10F2O.C2H6/c1-3-8-5-10(17)6-9-7-12(15)14(16)11(4-2)13(8)9;1-2/h2,5-7,17H,3H2,1H3;1-2H3. The van der Waals surface area contributed by atoms with Crippen molar-refractivity contribution < 1.29 is 13.9 Å². The third kappa shape index (κ3) is 2.68. The van der Waals surface area contributed by atoms with E-state index in [1.807, 2.05) is 20.8 Å². The second kappa shape index (κ2) is 6.19. The number of phenolic OH excluding ortho intramolecular Hbond substituents is 1. The van der Waals surface area contributed by atoms with Gasteiger partial charge in [-0.3, -0.25) is 0 Å². The molecule has 2 rings (SSSR count). The van der Waals surface area contributed by atoms with Gasteiger partial charge >= 0.3 is 0 Å². The molecule has 0 amide bonds. The van der Waals surface area contributed by atoms with Gasteiger partial charge < -0.3 is 5.11 Å². The summed E-state index contributed by atoms with van der Waals surface area (Å²) in [5.41, 5.74) is 0.615. The molecule has 1 N–H and O–H groups in total. The number of aryl methyl sites for hydroxylation is 1. The molecular weight excluding hydrogens is 246 g/mol. The van der Waals surface area contributed by atoms with Crippen molar-refractivity contribution in [1.82, 2.24) is 0 Å². The lowest BCUT2D eigenvalue weighted by Gasteiger charge is -2.09. The van der Waals surface area contributed by atoms with Crippen molar-refractivity contribution in [1.29, 1.82) is 0 Å². The summed E-state index contributed by atoms with van der Waals surface area (Å²) >= 11 is 0. The van der Waals surface area contributed by atoms with E-state index in [2.05, 4.69) is 5.92 Å². The normalized spacial score (nSPS) is 9.68. The molecule has 0 radical (unpaired) electrons. The molecule has 19 heavy (non-hydrogen) atoms. The number of rotatable bonds is 1. The molecular formula is C16H16F2O. The van der Waals surface area contributed by atoms with E-state index in [9.17, 15) is 13.9 Å². The Kier molecular flexibility index (Phi) is 4.88. The number of phenols is 1. The summed E-state index contributed by atoms with van der Waals surface area (Å²) in [7, 11) is 0. The van der Waals surface area contributed by atoms with Gasteiger partial charge in [0.15, 0.2) is 11.6 Å². The number of halogens is 2. The average molecular weight is 262 g/mol. The number of fused-ring (bicyclic) bond motifs is 1. The third-order valence-electron chi connectivity index (χ3n) is 2.72. The second-order valence-electron chi connectivity index (χ2n) is 3.75. The van der Waals surface area contributed by atoms with E-state index < -0.39 is 11.6 Å². The second-order valence-corrected chi connectivity index (χ2v) is 3.75. The Hall–Kier alpha value is -2.08. The van der Waals surface area contributed by atoms with E-state index >= 15 is 0 Å². The van der Waals surface area contributed by atoms with Crippen molar-refractivity contribution in [2.24, 2.45) is 0 Å². The monoisotopic (exact) mass is 262 g/mol. The van der Waals surface area contributed by atoms with Crippen LogP contribution in [0.1, 0.15) is 31.9 Å². The minimum atomic E-state index is -1.01. The highest BCUT2D eigenvalue weighted by atomic mass is 19.2. The molecule has 0 spiro atoms. The van der Waals surface area contributed by atoms with Crippen LogP contribution in [0.5, 0.6) is 5.75 Å². The molecule has 0 aliphatic rings. The van der Waals surface area contributed by atoms with Gasteiger partial charge in [0.25, 0.3) is 0 Å². The maximum atomic E-state index is 13.6. The summed E-state index contributed by atoms with van der Waals surface area (Å²) in [6, 6.07) is 3.93. The van der Waals surface area contributed by atoms with E-state index in [-0.39, 0.29) is 11.3 Å². The van der Waals surface area contributed by atoms with Gasteiger partial charge in [-0.2, -0.15) is 0 Å². The fourth-order valence-corrected chi connectivity index (χ4v) is 1.97. The Morgan fingerprint density at radius 1 is 1.21 bits per heavy atom. The Balaban J connectivity index is 0.000000861. The maximum Gasteiger partial charge on any atom is 0.175 e. The van der Waals surface area contributed by atoms with Gasteiger partial charge in [0.2, 0.25) is 0 Å². The highest BCUT2D eigenvalue weighted by Crippen LogP contribution is 2.30. The van der Waals surface area contributed by atoms with Gasteiger partial charge in [-0.05, 0) is 35.6 Å². The molecule has 100 valence electrons. The van der Waals surface area contributed by atoms with Crippen molar-refractivity contribution in [3.63, 3.8) is 0 Å². The van der Waals surface area contributed by atoms with Crippen LogP contribution < -0.4 is 0 Å². The van der Waals surface area contributed by atoms with Crippen molar-refractivity contribution in [2.75, 3.05) is 0 Å². The zero-order chi connectivity index (χ0) is 14.6. The molecule has 3 heteroatoms. The SMILES string of the molecule is C#Cc1c(F)c(F)cc2cc(O)cc(CC)c12.CC. The molecule has 0 atom stereocenters. The summed E-state index contributed by atoms with van der Waals surface area (Å²) in [4.78, 5) is 0. The molecule has 0 saturated heterocycles. The van der Waals surface area contributed by atoms with Crippen molar-refractivity contribution in [3.05, 3.63) is 41.0 Å². The van der Waals surface area contributed by atoms with Gasteiger partial charge in [0.1, 0.15) is 5.75 Å². The topological polar surface area (TPSA) is 20.2 Å². The quantitative estimate of drug-likeness (QED) is 0.755. The van der Waals surface area contributed by atoms with Crippen LogP contribution >= 0.6 is 0 Å². The van der Waals surface area contributed by atoms with Gasteiger partial charge in [-0.1, -0.05) is 26.7 Å². The van der Waals surface area contributed by atoms with Crippen LogP contribution in [0, 0.1) is 24.0 Å². The minimum absolute atomic E-state index is 0.0170. The Morgan fingerprint density at radius 2 is 1.84 bits per heavy atom. The van der Waals surface area contributed by atoms with Gasteiger partial charge in [-0.25, -0.2) is 8.78 Å². The van der Waals surface area contributed by atoms with Crippen LogP contribution in [-0.2, 0) is 6.42 Å². The predicted molar refractivity (Wildman–Crippen MR) is 74.2 cm³/mol. The number of terminal acetylenes is 1. The number of aromatic hydroxyl groups is 1. The van der Waals surface area contributed by atoms with E-state index in [4.69, 9.17) is 6.42 Å². The molecule has 0 aromatic heterocycles. The third-order valence-corrected chi connectivity index (χ3v) is 2.72. The first-order chi connectivity index (χ1) is 9.08. The zero-order valence-corrected chi connectivity index (χ0v) is 11.2. The molecule has 1 nitrogen and oxygen atoms in total. The summed E-state index contributed by atoms with van der Waals surface area (Å²) in [5, 5.41) is 10.4. The number of benzene rings is 2. The van der Waals surface area contributed by atoms with E-state index in [1.165, 1.54) is 12.1 Å². The predicted octanol–water partition coefficient (Wildman–Crippen LogP) is 4.39. The van der Waals surface area contributed by atoms with Crippen molar-refractivity contribution in [3.8, 4) is 18.1 Å². The molecule has 0 aliphatic carbocycles. The van der Waals surface area contributed by atoms with Crippen molar-refractivity contribution >= 4 is 10.8 Å². The van der Waals surface area contributed by atoms with Crippen LogP contribution in [0.3, 0.4) is 0 Å². The molecule has 0 aliphatic heterocycles. The lowest BCUT2D eigenvalue weighted by Crippen LogP contribution is -1.95. The summed E-state index contributed by atoms with van der Waals surface area (Å²) < 4.78 is 26.9. The van der Waals surface area contributed by atoms with E-state index in [0.717, 1.165) is 6.07 Å². The Labute approximate surface area is 111 Å². The Bertz CT molecular complexity index is 639. The first kappa shape index (κ1) is 15.0. The molecule has 0 fully saturated rings. The van der Waals surface area contributed by atoms with Crippen LogP contribution in [0.25, 0.3) is 10.8 Å². The molecule has 2 aromatic rings. The Morgan fingerprint density at radius 3 is 2.37 bits per heavy atom.